The molecule has 0 radical (unpaired) electrons. The first-order valence-corrected chi connectivity index (χ1v) is 11.4. The van der Waals surface area contributed by atoms with Gasteiger partial charge in [-0.05, 0) is 67.6 Å². The van der Waals surface area contributed by atoms with Crippen molar-refractivity contribution in [1.29, 1.82) is 0 Å². The minimum absolute atomic E-state index is 0.598. The van der Waals surface area contributed by atoms with Gasteiger partial charge in [-0.15, -0.1) is 0 Å². The highest BCUT2D eigenvalue weighted by molar-refractivity contribution is 5.63. The van der Waals surface area contributed by atoms with Gasteiger partial charge in [0.15, 0.2) is 0 Å². The molecule has 2 aromatic heterocycles. The van der Waals surface area contributed by atoms with Gasteiger partial charge in [-0.2, -0.15) is 5.10 Å². The zero-order valence-corrected chi connectivity index (χ0v) is 16.8. The van der Waals surface area contributed by atoms with Crippen molar-refractivity contribution in [2.75, 3.05) is 32.0 Å². The normalized spacial score (nSPS) is 32.1. The van der Waals surface area contributed by atoms with Gasteiger partial charge in [0.2, 0.25) is 0 Å². The van der Waals surface area contributed by atoms with Crippen molar-refractivity contribution >= 4 is 5.82 Å². The lowest BCUT2D eigenvalue weighted by Gasteiger charge is -2.36. The van der Waals surface area contributed by atoms with Crippen LogP contribution in [0.2, 0.25) is 0 Å². The molecule has 3 atom stereocenters. The molecule has 29 heavy (non-hydrogen) atoms. The summed E-state index contributed by atoms with van der Waals surface area (Å²) in [5, 5.41) is 5.13. The SMILES string of the molecule is Nc1ncc(-c2cc([C@@H]3[C@@H]4CN(C5COC5)C[C@@H]43)n(C3CCC3)n2)cc1C1CC1. The Balaban J connectivity index is 1.19. The van der Waals surface area contributed by atoms with Gasteiger partial charge in [-0.3, -0.25) is 9.58 Å². The number of likely N-dealkylation sites (tertiary alicyclic amines) is 1. The van der Waals surface area contributed by atoms with Crippen LogP contribution < -0.4 is 5.73 Å². The molecule has 0 spiro atoms. The number of piperidine rings is 1. The van der Waals surface area contributed by atoms with Crippen LogP contribution in [0.15, 0.2) is 18.3 Å². The molecule has 6 nitrogen and oxygen atoms in total. The average Bonchev–Trinajstić information content (AvgIpc) is 3.50. The van der Waals surface area contributed by atoms with Gasteiger partial charge in [0.1, 0.15) is 5.82 Å². The molecule has 3 aliphatic carbocycles. The number of aromatic nitrogens is 3. The number of hydrogen-bond acceptors (Lipinski definition) is 5. The number of nitrogen functional groups attached to an aromatic ring is 1. The van der Waals surface area contributed by atoms with Crippen LogP contribution in [-0.2, 0) is 4.74 Å². The Hall–Kier alpha value is -1.92. The standard InChI is InChI=1S/C23H29N5O/c24-23-17(13-4-5-13)6-14(8-25-23)20-7-21(28(26-20)15-2-1-3-15)22-18-9-27(10-19(18)22)16-11-29-12-16/h6-8,13,15-16,18-19,22H,1-5,9-12H2,(H2,24,25)/t18-,19+,22-. The van der Waals surface area contributed by atoms with E-state index in [0.717, 1.165) is 36.3 Å². The van der Waals surface area contributed by atoms with E-state index in [2.05, 4.69) is 26.7 Å². The molecule has 4 heterocycles. The van der Waals surface area contributed by atoms with Crippen molar-refractivity contribution in [1.82, 2.24) is 19.7 Å². The lowest BCUT2D eigenvalue weighted by atomic mass is 9.93. The molecular weight excluding hydrogens is 362 g/mol. The zero-order valence-electron chi connectivity index (χ0n) is 16.8. The van der Waals surface area contributed by atoms with Crippen LogP contribution in [0, 0.1) is 11.8 Å². The number of nitrogens with zero attached hydrogens (tertiary/aromatic N) is 4. The Morgan fingerprint density at radius 3 is 2.41 bits per heavy atom. The Bertz CT molecular complexity index is 946. The van der Waals surface area contributed by atoms with Crippen LogP contribution in [0.4, 0.5) is 5.82 Å². The van der Waals surface area contributed by atoms with E-state index in [1.165, 1.54) is 56.5 Å². The van der Waals surface area contributed by atoms with Gasteiger partial charge in [0.25, 0.3) is 0 Å². The molecule has 0 amide bonds. The van der Waals surface area contributed by atoms with Crippen LogP contribution >= 0.6 is 0 Å². The summed E-state index contributed by atoms with van der Waals surface area (Å²) in [5.74, 6) is 3.63. The second-order valence-corrected chi connectivity index (χ2v) is 9.96. The van der Waals surface area contributed by atoms with Crippen molar-refractivity contribution in [3.05, 3.63) is 29.6 Å². The van der Waals surface area contributed by atoms with Gasteiger partial charge in [-0.25, -0.2) is 4.98 Å². The highest BCUT2D eigenvalue weighted by Crippen LogP contribution is 2.59. The highest BCUT2D eigenvalue weighted by Gasteiger charge is 2.59. The van der Waals surface area contributed by atoms with Crippen molar-refractivity contribution in [3.8, 4) is 11.3 Å². The largest absolute Gasteiger partial charge is 0.383 e. The summed E-state index contributed by atoms with van der Waals surface area (Å²) in [6.07, 6.45) is 8.28. The molecule has 0 unspecified atom stereocenters. The van der Waals surface area contributed by atoms with Gasteiger partial charge in [0, 0.05) is 36.5 Å². The maximum Gasteiger partial charge on any atom is 0.126 e. The van der Waals surface area contributed by atoms with E-state index >= 15 is 0 Å². The van der Waals surface area contributed by atoms with E-state index in [-0.39, 0.29) is 0 Å². The smallest absolute Gasteiger partial charge is 0.126 e. The molecular formula is C23H29N5O. The summed E-state index contributed by atoms with van der Waals surface area (Å²) < 4.78 is 7.80. The second-order valence-electron chi connectivity index (χ2n) is 9.96. The highest BCUT2D eigenvalue weighted by atomic mass is 16.5. The molecule has 6 heteroatoms. The van der Waals surface area contributed by atoms with Crippen LogP contribution in [0.3, 0.4) is 0 Å². The van der Waals surface area contributed by atoms with Crippen molar-refractivity contribution in [2.45, 2.75) is 56.0 Å². The molecule has 5 fully saturated rings. The quantitative estimate of drug-likeness (QED) is 0.848. The van der Waals surface area contributed by atoms with Gasteiger partial charge in [0.05, 0.1) is 31.0 Å². The minimum atomic E-state index is 0.598. The molecule has 2 aliphatic heterocycles. The van der Waals surface area contributed by atoms with Gasteiger partial charge < -0.3 is 10.5 Å². The van der Waals surface area contributed by atoms with E-state index < -0.39 is 0 Å². The van der Waals surface area contributed by atoms with Crippen LogP contribution in [0.1, 0.15) is 61.2 Å². The molecule has 7 rings (SSSR count). The first kappa shape index (κ1) is 16.8. The fourth-order valence-electron chi connectivity index (χ4n) is 5.81. The summed E-state index contributed by atoms with van der Waals surface area (Å²) in [7, 11) is 0. The molecule has 2 aromatic rings. The Labute approximate surface area is 171 Å². The molecule has 0 bridgehead atoms. The van der Waals surface area contributed by atoms with Crippen LogP contribution in [0.25, 0.3) is 11.3 Å². The summed E-state index contributed by atoms with van der Waals surface area (Å²) in [6, 6.07) is 5.91. The third-order valence-electron chi connectivity index (χ3n) is 8.15. The third kappa shape index (κ3) is 2.61. The summed E-state index contributed by atoms with van der Waals surface area (Å²) >= 11 is 0. The Morgan fingerprint density at radius 1 is 1.00 bits per heavy atom. The van der Waals surface area contributed by atoms with Gasteiger partial charge >= 0.3 is 0 Å². The first-order valence-electron chi connectivity index (χ1n) is 11.4. The number of fused-ring (bicyclic) bond motifs is 1. The summed E-state index contributed by atoms with van der Waals surface area (Å²) in [6.45, 7) is 4.34. The molecule has 2 saturated heterocycles. The zero-order chi connectivity index (χ0) is 19.1. The van der Waals surface area contributed by atoms with Crippen LogP contribution in [0.5, 0.6) is 0 Å². The topological polar surface area (TPSA) is 69.2 Å². The van der Waals surface area contributed by atoms with E-state index in [4.69, 9.17) is 15.6 Å². The maximum atomic E-state index is 6.15. The van der Waals surface area contributed by atoms with Crippen molar-refractivity contribution < 1.29 is 4.74 Å². The van der Waals surface area contributed by atoms with E-state index in [0.29, 0.717) is 29.7 Å². The van der Waals surface area contributed by atoms with E-state index in [1.54, 1.807) is 0 Å². The number of nitrogens with two attached hydrogens (primary N) is 1. The van der Waals surface area contributed by atoms with E-state index in [9.17, 15) is 0 Å². The first-order chi connectivity index (χ1) is 14.3. The number of pyridine rings is 1. The summed E-state index contributed by atoms with van der Waals surface area (Å²) in [5.41, 5.74) is 11.1. The molecule has 2 N–H and O–H groups in total. The second kappa shape index (κ2) is 6.05. The predicted molar refractivity (Wildman–Crippen MR) is 111 cm³/mol. The number of rotatable bonds is 5. The third-order valence-corrected chi connectivity index (χ3v) is 8.15. The molecule has 152 valence electrons. The number of hydrogen-bond donors (Lipinski definition) is 1. The predicted octanol–water partition coefficient (Wildman–Crippen LogP) is 3.17. The molecule has 3 saturated carbocycles. The van der Waals surface area contributed by atoms with Crippen molar-refractivity contribution in [3.63, 3.8) is 0 Å². The summed E-state index contributed by atoms with van der Waals surface area (Å²) in [4.78, 5) is 7.17. The Morgan fingerprint density at radius 2 is 1.79 bits per heavy atom. The monoisotopic (exact) mass is 391 g/mol. The van der Waals surface area contributed by atoms with Crippen LogP contribution in [-0.4, -0.2) is 52.0 Å². The molecule has 0 aromatic carbocycles. The lowest BCUT2D eigenvalue weighted by molar-refractivity contribution is -0.0610. The van der Waals surface area contributed by atoms with E-state index in [1.807, 2.05) is 6.20 Å². The fraction of sp³-hybridized carbons (Fsp3) is 0.652. The van der Waals surface area contributed by atoms with Crippen molar-refractivity contribution in [2.24, 2.45) is 11.8 Å². The Kier molecular flexibility index (Phi) is 3.51. The minimum Gasteiger partial charge on any atom is -0.383 e. The molecule has 5 aliphatic rings. The number of anilines is 1. The lowest BCUT2D eigenvalue weighted by Crippen LogP contribution is -2.48. The number of ether oxygens (including phenoxy) is 1. The average molecular weight is 392 g/mol. The maximum absolute atomic E-state index is 6.15. The van der Waals surface area contributed by atoms with Gasteiger partial charge in [-0.1, -0.05) is 0 Å². The fourth-order valence-corrected chi connectivity index (χ4v) is 5.81.